The van der Waals surface area contributed by atoms with E-state index < -0.39 is 0 Å². The first-order valence-corrected chi connectivity index (χ1v) is 11.4. The minimum atomic E-state index is 0.215. The predicted octanol–water partition coefficient (Wildman–Crippen LogP) is 7.47. The third-order valence-corrected chi connectivity index (χ3v) is 5.99. The van der Waals surface area contributed by atoms with Crippen LogP contribution in [0.5, 0.6) is 0 Å². The predicted molar refractivity (Wildman–Crippen MR) is 122 cm³/mol. The SMILES string of the molecule is CC.CCCCCCCNC1c2ccc(Cl)cc2SN(C)c2ccccc21. The second-order valence-electron chi connectivity index (χ2n) is 6.63. The van der Waals surface area contributed by atoms with Gasteiger partial charge in [-0.25, -0.2) is 0 Å². The number of halogens is 1. The Morgan fingerprint density at radius 1 is 1.00 bits per heavy atom. The molecule has 0 saturated heterocycles. The average Bonchev–Trinajstić information content (AvgIpc) is 2.80. The van der Waals surface area contributed by atoms with Crippen LogP contribution in [0, 0.1) is 0 Å². The summed E-state index contributed by atoms with van der Waals surface area (Å²) in [5.74, 6) is 0. The van der Waals surface area contributed by atoms with E-state index in [0.717, 1.165) is 11.6 Å². The van der Waals surface area contributed by atoms with Gasteiger partial charge in [0.05, 0.1) is 11.7 Å². The Kier molecular flexibility index (Phi) is 9.53. The number of nitrogens with one attached hydrogen (secondary N) is 1. The largest absolute Gasteiger partial charge is 0.315 e. The zero-order valence-corrected chi connectivity index (χ0v) is 18.7. The third-order valence-electron chi connectivity index (χ3n) is 4.74. The van der Waals surface area contributed by atoms with E-state index in [0.29, 0.717) is 0 Å². The molecule has 148 valence electrons. The van der Waals surface area contributed by atoms with Crippen LogP contribution < -0.4 is 9.62 Å². The Balaban J connectivity index is 0.00000126. The standard InChI is InChI=1S/C21H27ClN2S.C2H6/c1-3-4-5-6-9-14-23-21-17-10-7-8-11-19(17)24(2)25-20-15-16(22)12-13-18(20)21;1-2/h7-8,10-13,15,21,23H,3-6,9,14H2,1-2H3;1-2H3. The molecule has 0 aromatic heterocycles. The lowest BCUT2D eigenvalue weighted by atomic mass is 9.96. The van der Waals surface area contributed by atoms with Crippen molar-refractivity contribution in [1.29, 1.82) is 0 Å². The number of para-hydroxylation sites is 1. The average molecular weight is 405 g/mol. The Morgan fingerprint density at radius 3 is 2.52 bits per heavy atom. The number of hydrogen-bond acceptors (Lipinski definition) is 3. The highest BCUT2D eigenvalue weighted by Crippen LogP contribution is 2.43. The zero-order chi connectivity index (χ0) is 19.6. The molecule has 1 N–H and O–H groups in total. The van der Waals surface area contributed by atoms with E-state index in [1.165, 1.54) is 53.8 Å². The van der Waals surface area contributed by atoms with Crippen LogP contribution in [0.3, 0.4) is 0 Å². The lowest BCUT2D eigenvalue weighted by Gasteiger charge is -2.22. The molecule has 2 aromatic carbocycles. The van der Waals surface area contributed by atoms with Gasteiger partial charge in [-0.2, -0.15) is 0 Å². The lowest BCUT2D eigenvalue weighted by Crippen LogP contribution is -2.24. The Morgan fingerprint density at radius 2 is 1.74 bits per heavy atom. The molecule has 27 heavy (non-hydrogen) atoms. The van der Waals surface area contributed by atoms with Crippen LogP contribution >= 0.6 is 23.5 Å². The van der Waals surface area contributed by atoms with Crippen molar-refractivity contribution in [2.24, 2.45) is 0 Å². The molecule has 4 heteroatoms. The molecule has 0 bridgehead atoms. The molecule has 0 saturated carbocycles. The molecule has 2 aromatic rings. The fraction of sp³-hybridized carbons (Fsp3) is 0.478. The highest BCUT2D eigenvalue weighted by Gasteiger charge is 2.26. The maximum atomic E-state index is 6.26. The summed E-state index contributed by atoms with van der Waals surface area (Å²) < 4.78 is 2.24. The van der Waals surface area contributed by atoms with Crippen molar-refractivity contribution in [2.45, 2.75) is 63.8 Å². The fourth-order valence-electron chi connectivity index (χ4n) is 3.40. The van der Waals surface area contributed by atoms with Gasteiger partial charge in [0.2, 0.25) is 0 Å². The van der Waals surface area contributed by atoms with Crippen molar-refractivity contribution < 1.29 is 0 Å². The molecular formula is C23H33ClN2S. The van der Waals surface area contributed by atoms with Crippen LogP contribution in [0.2, 0.25) is 5.02 Å². The van der Waals surface area contributed by atoms with E-state index in [1.807, 2.05) is 19.9 Å². The Bertz CT molecular complexity index is 705. The molecule has 0 aliphatic carbocycles. The van der Waals surface area contributed by atoms with Crippen LogP contribution in [-0.2, 0) is 0 Å². The van der Waals surface area contributed by atoms with E-state index in [9.17, 15) is 0 Å². The minimum Gasteiger partial charge on any atom is -0.315 e. The van der Waals surface area contributed by atoms with Crippen molar-refractivity contribution in [3.8, 4) is 0 Å². The topological polar surface area (TPSA) is 15.3 Å². The number of nitrogens with zero attached hydrogens (tertiary/aromatic N) is 1. The summed E-state index contributed by atoms with van der Waals surface area (Å²) in [6.45, 7) is 7.30. The van der Waals surface area contributed by atoms with Gasteiger partial charge in [0.1, 0.15) is 0 Å². The number of rotatable bonds is 7. The van der Waals surface area contributed by atoms with Crippen molar-refractivity contribution in [2.75, 3.05) is 17.9 Å². The third kappa shape index (κ3) is 5.91. The smallest absolute Gasteiger partial charge is 0.0609 e. The van der Waals surface area contributed by atoms with Crippen LogP contribution in [-0.4, -0.2) is 13.6 Å². The van der Waals surface area contributed by atoms with Gasteiger partial charge < -0.3 is 9.62 Å². The van der Waals surface area contributed by atoms with Crippen molar-refractivity contribution in [3.63, 3.8) is 0 Å². The highest BCUT2D eigenvalue weighted by molar-refractivity contribution is 8.00. The van der Waals surface area contributed by atoms with Crippen LogP contribution in [0.15, 0.2) is 47.4 Å². The van der Waals surface area contributed by atoms with Gasteiger partial charge in [-0.05, 0) is 54.2 Å². The summed E-state index contributed by atoms with van der Waals surface area (Å²) >= 11 is 8.01. The molecule has 1 aliphatic rings. The summed E-state index contributed by atoms with van der Waals surface area (Å²) in [5.41, 5.74) is 3.93. The van der Waals surface area contributed by atoms with E-state index in [1.54, 1.807) is 11.9 Å². The van der Waals surface area contributed by atoms with Crippen molar-refractivity contribution in [1.82, 2.24) is 5.32 Å². The fourth-order valence-corrected chi connectivity index (χ4v) is 4.67. The summed E-state index contributed by atoms with van der Waals surface area (Å²) in [6.07, 6.45) is 6.50. The number of benzene rings is 2. The van der Waals surface area contributed by atoms with Crippen LogP contribution in [0.4, 0.5) is 5.69 Å². The minimum absolute atomic E-state index is 0.215. The van der Waals surface area contributed by atoms with Gasteiger partial charge in [-0.1, -0.05) is 82.3 Å². The highest BCUT2D eigenvalue weighted by atomic mass is 35.5. The molecule has 0 amide bonds. The van der Waals surface area contributed by atoms with Crippen LogP contribution in [0.1, 0.15) is 70.0 Å². The quantitative estimate of drug-likeness (QED) is 0.380. The molecule has 0 fully saturated rings. The van der Waals surface area contributed by atoms with E-state index in [4.69, 9.17) is 11.6 Å². The molecule has 0 radical (unpaired) electrons. The van der Waals surface area contributed by atoms with Crippen LogP contribution in [0.25, 0.3) is 0 Å². The molecular weight excluding hydrogens is 372 g/mol. The molecule has 0 spiro atoms. The lowest BCUT2D eigenvalue weighted by molar-refractivity contribution is 0.546. The summed E-state index contributed by atoms with van der Waals surface area (Å²) in [5, 5.41) is 4.60. The van der Waals surface area contributed by atoms with E-state index >= 15 is 0 Å². The number of anilines is 1. The number of hydrogen-bond donors (Lipinski definition) is 1. The second-order valence-corrected chi connectivity index (χ2v) is 8.24. The Labute approximate surface area is 174 Å². The first-order chi connectivity index (χ1) is 13.2. The molecule has 1 unspecified atom stereocenters. The number of unbranched alkanes of at least 4 members (excludes halogenated alkanes) is 4. The maximum Gasteiger partial charge on any atom is 0.0609 e. The van der Waals surface area contributed by atoms with E-state index in [-0.39, 0.29) is 6.04 Å². The normalized spacial score (nSPS) is 15.3. The molecule has 2 nitrogen and oxygen atoms in total. The number of fused-ring (bicyclic) bond motifs is 2. The summed E-state index contributed by atoms with van der Waals surface area (Å²) in [6, 6.07) is 15.2. The van der Waals surface area contributed by atoms with E-state index in [2.05, 4.69) is 60.0 Å². The summed E-state index contributed by atoms with van der Waals surface area (Å²) in [4.78, 5) is 1.23. The van der Waals surface area contributed by atoms with Crippen molar-refractivity contribution >= 4 is 29.2 Å². The first kappa shape index (κ1) is 22.1. The monoisotopic (exact) mass is 404 g/mol. The molecule has 1 aliphatic heterocycles. The van der Waals surface area contributed by atoms with Gasteiger partial charge in [-0.15, -0.1) is 0 Å². The summed E-state index contributed by atoms with van der Waals surface area (Å²) in [7, 11) is 2.13. The van der Waals surface area contributed by atoms with Gasteiger partial charge in [-0.3, -0.25) is 0 Å². The molecule has 1 heterocycles. The van der Waals surface area contributed by atoms with Gasteiger partial charge >= 0.3 is 0 Å². The second kappa shape index (κ2) is 11.6. The maximum absolute atomic E-state index is 6.26. The van der Waals surface area contributed by atoms with Gasteiger partial charge in [0.25, 0.3) is 0 Å². The van der Waals surface area contributed by atoms with Gasteiger partial charge in [0, 0.05) is 17.0 Å². The van der Waals surface area contributed by atoms with Crippen molar-refractivity contribution in [3.05, 3.63) is 58.6 Å². The Hall–Kier alpha value is -1.16. The molecule has 1 atom stereocenters. The zero-order valence-electron chi connectivity index (χ0n) is 17.1. The molecule has 3 rings (SSSR count). The first-order valence-electron chi connectivity index (χ1n) is 10.2. The van der Waals surface area contributed by atoms with Gasteiger partial charge in [0.15, 0.2) is 0 Å².